The van der Waals surface area contributed by atoms with Gasteiger partial charge in [0.2, 0.25) is 5.91 Å². The zero-order valence-electron chi connectivity index (χ0n) is 15.3. The highest BCUT2D eigenvalue weighted by Gasteiger charge is 2.20. The highest BCUT2D eigenvalue weighted by atomic mass is 35.5. The molecule has 3 aromatic rings. The Morgan fingerprint density at radius 1 is 1.32 bits per heavy atom. The third kappa shape index (κ3) is 3.91. The smallest absolute Gasteiger partial charge is 0.408 e. The molecule has 0 aliphatic rings. The van der Waals surface area contributed by atoms with Crippen LogP contribution in [0.25, 0.3) is 11.1 Å². The standard InChI is InChI=1S/C19H18ClN3O5/c1-12(13-4-3-5-15(10-13)23(26)27)21(2)18(24)8-9-22-16-7-6-14(20)11-17(16)28-19(22)25/h3-7,10-12H,8-9H2,1-2H3/t12-/m0/s1. The van der Waals surface area contributed by atoms with E-state index in [4.69, 9.17) is 16.0 Å². The van der Waals surface area contributed by atoms with Gasteiger partial charge >= 0.3 is 5.76 Å². The second-order valence-corrected chi connectivity index (χ2v) is 6.85. The van der Waals surface area contributed by atoms with Gasteiger partial charge in [-0.15, -0.1) is 0 Å². The van der Waals surface area contributed by atoms with Crippen LogP contribution in [0.15, 0.2) is 51.7 Å². The second kappa shape index (κ2) is 7.85. The molecule has 1 atom stereocenters. The average molecular weight is 404 g/mol. The zero-order chi connectivity index (χ0) is 20.4. The third-order valence-electron chi connectivity index (χ3n) is 4.72. The van der Waals surface area contributed by atoms with Crippen LogP contribution in [-0.4, -0.2) is 27.3 Å². The van der Waals surface area contributed by atoms with E-state index < -0.39 is 10.7 Å². The third-order valence-corrected chi connectivity index (χ3v) is 4.95. The van der Waals surface area contributed by atoms with Gasteiger partial charge in [0, 0.05) is 43.2 Å². The predicted molar refractivity (Wildman–Crippen MR) is 104 cm³/mol. The van der Waals surface area contributed by atoms with Crippen molar-refractivity contribution in [1.29, 1.82) is 0 Å². The molecule has 28 heavy (non-hydrogen) atoms. The van der Waals surface area contributed by atoms with E-state index in [-0.39, 0.29) is 30.6 Å². The van der Waals surface area contributed by atoms with Crippen LogP contribution in [0.1, 0.15) is 24.9 Å². The summed E-state index contributed by atoms with van der Waals surface area (Å²) in [5, 5.41) is 11.4. The number of rotatable bonds is 6. The van der Waals surface area contributed by atoms with Crippen molar-refractivity contribution in [3.63, 3.8) is 0 Å². The molecule has 146 valence electrons. The minimum absolute atomic E-state index is 0.0275. The maximum Gasteiger partial charge on any atom is 0.419 e. The normalized spacial score (nSPS) is 12.1. The highest BCUT2D eigenvalue weighted by Crippen LogP contribution is 2.24. The Kier molecular flexibility index (Phi) is 5.51. The van der Waals surface area contributed by atoms with Gasteiger partial charge in [0.25, 0.3) is 5.69 Å². The molecule has 0 N–H and O–H groups in total. The monoisotopic (exact) mass is 403 g/mol. The van der Waals surface area contributed by atoms with E-state index in [0.29, 0.717) is 21.7 Å². The summed E-state index contributed by atoms with van der Waals surface area (Å²) >= 11 is 5.90. The number of aryl methyl sites for hydroxylation is 1. The summed E-state index contributed by atoms with van der Waals surface area (Å²) in [4.78, 5) is 36.6. The molecule has 1 heterocycles. The molecule has 3 rings (SSSR count). The number of aromatic nitrogens is 1. The molecule has 0 fully saturated rings. The van der Waals surface area contributed by atoms with Crippen molar-refractivity contribution >= 4 is 34.3 Å². The van der Waals surface area contributed by atoms with Gasteiger partial charge in [0.15, 0.2) is 5.58 Å². The maximum atomic E-state index is 12.6. The lowest BCUT2D eigenvalue weighted by Crippen LogP contribution is -2.31. The Hall–Kier alpha value is -3.13. The molecule has 0 saturated carbocycles. The first-order valence-corrected chi connectivity index (χ1v) is 8.94. The van der Waals surface area contributed by atoms with Gasteiger partial charge in [-0.2, -0.15) is 0 Å². The minimum Gasteiger partial charge on any atom is -0.408 e. The number of halogens is 1. The van der Waals surface area contributed by atoms with E-state index in [0.717, 1.165) is 0 Å². The summed E-state index contributed by atoms with van der Waals surface area (Å²) in [7, 11) is 1.63. The van der Waals surface area contributed by atoms with Crippen LogP contribution < -0.4 is 5.76 Å². The topological polar surface area (TPSA) is 98.6 Å². The Morgan fingerprint density at radius 2 is 2.07 bits per heavy atom. The zero-order valence-corrected chi connectivity index (χ0v) is 16.0. The van der Waals surface area contributed by atoms with Crippen molar-refractivity contribution in [2.75, 3.05) is 7.05 Å². The van der Waals surface area contributed by atoms with Crippen molar-refractivity contribution in [3.8, 4) is 0 Å². The molecule has 1 amide bonds. The molecular formula is C19H18ClN3O5. The number of non-ortho nitro benzene ring substituents is 1. The summed E-state index contributed by atoms with van der Waals surface area (Å²) in [6, 6.07) is 10.7. The first-order chi connectivity index (χ1) is 13.3. The number of fused-ring (bicyclic) bond motifs is 1. The van der Waals surface area contributed by atoms with Gasteiger partial charge in [0.1, 0.15) is 0 Å². The summed E-state index contributed by atoms with van der Waals surface area (Å²) in [5.41, 5.74) is 1.56. The number of hydrogen-bond acceptors (Lipinski definition) is 5. The first-order valence-electron chi connectivity index (χ1n) is 8.57. The maximum absolute atomic E-state index is 12.6. The number of nitrogens with zero attached hydrogens (tertiary/aromatic N) is 3. The molecule has 0 radical (unpaired) electrons. The number of carbonyl (C=O) groups is 1. The molecule has 0 saturated heterocycles. The predicted octanol–water partition coefficient (Wildman–Crippen LogP) is 3.77. The molecule has 0 bridgehead atoms. The van der Waals surface area contributed by atoms with E-state index in [1.165, 1.54) is 21.6 Å². The Morgan fingerprint density at radius 3 is 2.79 bits per heavy atom. The van der Waals surface area contributed by atoms with Crippen LogP contribution in [0.2, 0.25) is 5.02 Å². The van der Waals surface area contributed by atoms with Crippen molar-refractivity contribution in [3.05, 3.63) is 73.7 Å². The van der Waals surface area contributed by atoms with Crippen LogP contribution in [0.4, 0.5) is 5.69 Å². The number of carbonyl (C=O) groups excluding carboxylic acids is 1. The van der Waals surface area contributed by atoms with E-state index in [2.05, 4.69) is 0 Å². The number of amides is 1. The van der Waals surface area contributed by atoms with Gasteiger partial charge in [-0.1, -0.05) is 23.7 Å². The molecule has 2 aromatic carbocycles. The largest absolute Gasteiger partial charge is 0.419 e. The lowest BCUT2D eigenvalue weighted by atomic mass is 10.1. The molecule has 0 spiro atoms. The minimum atomic E-state index is -0.556. The molecule has 1 aromatic heterocycles. The van der Waals surface area contributed by atoms with Crippen molar-refractivity contribution in [2.24, 2.45) is 0 Å². The number of benzene rings is 2. The van der Waals surface area contributed by atoms with Gasteiger partial charge in [-0.25, -0.2) is 4.79 Å². The van der Waals surface area contributed by atoms with Crippen LogP contribution in [0.5, 0.6) is 0 Å². The van der Waals surface area contributed by atoms with E-state index in [9.17, 15) is 19.7 Å². The van der Waals surface area contributed by atoms with Gasteiger partial charge in [-0.3, -0.25) is 19.5 Å². The van der Waals surface area contributed by atoms with Crippen molar-refractivity contribution in [2.45, 2.75) is 25.9 Å². The summed E-state index contributed by atoms with van der Waals surface area (Å²) < 4.78 is 6.54. The van der Waals surface area contributed by atoms with Gasteiger partial charge in [0.05, 0.1) is 16.5 Å². The van der Waals surface area contributed by atoms with E-state index in [1.54, 1.807) is 44.3 Å². The molecule has 8 nitrogen and oxygen atoms in total. The lowest BCUT2D eigenvalue weighted by Gasteiger charge is -2.25. The van der Waals surface area contributed by atoms with Gasteiger partial charge in [-0.05, 0) is 24.6 Å². The van der Waals surface area contributed by atoms with Crippen molar-refractivity contribution in [1.82, 2.24) is 9.47 Å². The number of oxazole rings is 1. The fourth-order valence-corrected chi connectivity index (χ4v) is 3.14. The molecule has 9 heteroatoms. The van der Waals surface area contributed by atoms with Crippen LogP contribution in [-0.2, 0) is 11.3 Å². The van der Waals surface area contributed by atoms with Crippen molar-refractivity contribution < 1.29 is 14.1 Å². The molecular weight excluding hydrogens is 386 g/mol. The van der Waals surface area contributed by atoms with E-state index in [1.807, 2.05) is 0 Å². The Balaban J connectivity index is 1.73. The van der Waals surface area contributed by atoms with Crippen LogP contribution in [0.3, 0.4) is 0 Å². The average Bonchev–Trinajstić information content (AvgIpc) is 2.98. The second-order valence-electron chi connectivity index (χ2n) is 6.41. The summed E-state index contributed by atoms with van der Waals surface area (Å²) in [5.74, 6) is -0.756. The SMILES string of the molecule is C[C@@H](c1cccc([N+](=O)[O-])c1)N(C)C(=O)CCn1c(=O)oc2cc(Cl)ccc21. The Bertz CT molecular complexity index is 1100. The summed E-state index contributed by atoms with van der Waals surface area (Å²) in [6.07, 6.45) is 0.0763. The first kappa shape index (κ1) is 19.6. The number of hydrogen-bond donors (Lipinski definition) is 0. The highest BCUT2D eigenvalue weighted by molar-refractivity contribution is 6.31. The van der Waals surface area contributed by atoms with Crippen LogP contribution in [0, 0.1) is 10.1 Å². The fourth-order valence-electron chi connectivity index (χ4n) is 2.97. The summed E-state index contributed by atoms with van der Waals surface area (Å²) in [6.45, 7) is 1.94. The quantitative estimate of drug-likeness (QED) is 0.461. The van der Waals surface area contributed by atoms with Gasteiger partial charge < -0.3 is 9.32 Å². The molecule has 0 unspecified atom stereocenters. The Labute approximate surface area is 165 Å². The molecule has 0 aliphatic carbocycles. The molecule has 0 aliphatic heterocycles. The number of nitro groups is 1. The lowest BCUT2D eigenvalue weighted by molar-refractivity contribution is -0.384. The van der Waals surface area contributed by atoms with Crippen LogP contribution >= 0.6 is 11.6 Å². The fraction of sp³-hybridized carbons (Fsp3) is 0.263. The number of nitro benzene ring substituents is 1. The van der Waals surface area contributed by atoms with E-state index >= 15 is 0 Å².